The number of nitrogens with two attached hydrogens (primary N) is 2. The summed E-state index contributed by atoms with van der Waals surface area (Å²) < 4.78 is 116. The van der Waals surface area contributed by atoms with Gasteiger partial charge in [-0.1, -0.05) is 124 Å². The Balaban J connectivity index is 0.000000196. The first-order valence-corrected chi connectivity index (χ1v) is 52.3. The number of aliphatic hydroxyl groups excluding tert-OH is 1. The summed E-state index contributed by atoms with van der Waals surface area (Å²) >= 11 is 33.2. The maximum absolute atomic E-state index is 14.1. The molecule has 5 aromatic heterocycles. The van der Waals surface area contributed by atoms with Crippen molar-refractivity contribution in [1.82, 2.24) is 84.6 Å². The van der Waals surface area contributed by atoms with Gasteiger partial charge in [0.15, 0.2) is 57.8 Å². The number of anilines is 10. The van der Waals surface area contributed by atoms with E-state index in [9.17, 15) is 22.0 Å². The van der Waals surface area contributed by atoms with Crippen LogP contribution in [0.1, 0.15) is 214 Å². The van der Waals surface area contributed by atoms with E-state index in [1.165, 1.54) is 257 Å². The molecule has 800 valence electrons. The summed E-state index contributed by atoms with van der Waals surface area (Å²) in [6, 6.07) is 24.2. The van der Waals surface area contributed by atoms with Gasteiger partial charge in [0, 0.05) is 90.5 Å². The smallest absolute Gasteiger partial charge is 0.323 e. The van der Waals surface area contributed by atoms with Gasteiger partial charge >= 0.3 is 24.0 Å². The molecule has 34 nitrogen and oxygen atoms in total. The molecule has 146 heavy (non-hydrogen) atoms. The number of aliphatic hydroxyl groups is 1. The van der Waals surface area contributed by atoms with Crippen LogP contribution in [0.15, 0.2) is 91.0 Å². The van der Waals surface area contributed by atoms with Crippen molar-refractivity contribution in [2.24, 2.45) is 35.3 Å². The minimum atomic E-state index is -0.526. The van der Waals surface area contributed by atoms with E-state index in [1.54, 1.807) is 36.4 Å². The van der Waals surface area contributed by atoms with Crippen LogP contribution in [0.25, 0.3) is 0 Å². The Morgan fingerprint density at radius 1 is 0.322 bits per heavy atom. The monoisotopic (exact) mass is 2150 g/mol. The zero-order valence-electron chi connectivity index (χ0n) is 84.5. The number of nitrogen functional groups attached to an aromatic ring is 1. The molecule has 5 saturated carbocycles. The fourth-order valence-electron chi connectivity index (χ4n) is 17.3. The summed E-state index contributed by atoms with van der Waals surface area (Å²) in [4.78, 5) is 65.3. The Labute approximate surface area is 882 Å². The largest absolute Gasteiger partial charge is 0.494 e. The summed E-state index contributed by atoms with van der Waals surface area (Å²) in [7, 11) is 7.05. The van der Waals surface area contributed by atoms with Gasteiger partial charge in [-0.3, -0.25) is 9.80 Å². The van der Waals surface area contributed by atoms with Gasteiger partial charge < -0.3 is 85.8 Å². The lowest BCUT2D eigenvalue weighted by atomic mass is 9.90. The lowest BCUT2D eigenvalue weighted by molar-refractivity contribution is 0.190. The maximum Gasteiger partial charge on any atom is 0.323 e. The van der Waals surface area contributed by atoms with Crippen molar-refractivity contribution in [2.45, 2.75) is 226 Å². The number of hydrogen-bond acceptors (Lipinski definition) is 34. The highest BCUT2D eigenvalue weighted by molar-refractivity contribution is 6.33. The second-order valence-corrected chi connectivity index (χ2v) is 37.3. The van der Waals surface area contributed by atoms with E-state index in [4.69, 9.17) is 124 Å². The van der Waals surface area contributed by atoms with Crippen molar-refractivity contribution in [2.75, 3.05) is 140 Å². The number of rotatable bonds is 32. The molecule has 17 rings (SSSR count). The molecule has 10 aromatic rings. The lowest BCUT2D eigenvalue weighted by Gasteiger charge is -2.23. The van der Waals surface area contributed by atoms with Gasteiger partial charge in [-0.25, -0.2) is 22.0 Å². The summed E-state index contributed by atoms with van der Waals surface area (Å²) in [5, 5.41) is 24.1. The first-order chi connectivity index (χ1) is 70.8. The quantitative estimate of drug-likeness (QED) is 0.0143. The van der Waals surface area contributed by atoms with E-state index < -0.39 is 29.1 Å². The third-order valence-corrected chi connectivity index (χ3v) is 26.0. The SMILES string of the molecule is CC.CCN1CCCC1CN.CCN1CCCC1CNc1nc(Nc2ccc(OC)c(F)c2)nc(OCC2CCCCC2)n1.COc1ccc(N)cc1F.COc1ccc(Nc2nc(Cl)nc(OCC3CCCCC3)n2)cc1F.COc1ccc(Nc2nc(Nc3ccc(OC)c(F)c3)nc(OCC3CCCCC3)n2)cc1F.Clc1nc(Cl)nc(Cl)n1.Clc1nc(Cl)nc(OCC2CCCCC2)n1.OCC1CCCCC1. The maximum atomic E-state index is 14.1. The average molecular weight is 2160 g/mol. The highest BCUT2D eigenvalue weighted by Crippen LogP contribution is 2.35. The van der Waals surface area contributed by atoms with Gasteiger partial charge in [0.2, 0.25) is 61.4 Å². The van der Waals surface area contributed by atoms with Crippen molar-refractivity contribution in [1.29, 1.82) is 0 Å². The fourth-order valence-corrected chi connectivity index (χ4v) is 18.4. The molecule has 0 spiro atoms. The van der Waals surface area contributed by atoms with Crippen LogP contribution in [-0.4, -0.2) is 210 Å². The molecule has 5 aliphatic carbocycles. The molecule has 2 aliphatic heterocycles. The zero-order chi connectivity index (χ0) is 105. The van der Waals surface area contributed by atoms with Crippen molar-refractivity contribution in [3.05, 3.63) is 152 Å². The highest BCUT2D eigenvalue weighted by atomic mass is 35.5. The molecule has 2 atom stereocenters. The fraction of sp³-hybridized carbons (Fsp3) is 0.554. The Hall–Kier alpha value is -10.6. The van der Waals surface area contributed by atoms with Crippen LogP contribution >= 0.6 is 69.6 Å². The van der Waals surface area contributed by atoms with Crippen LogP contribution in [0.2, 0.25) is 31.7 Å². The van der Waals surface area contributed by atoms with Gasteiger partial charge in [-0.05, 0) is 276 Å². The first-order valence-electron chi connectivity index (χ1n) is 50.1. The zero-order valence-corrected chi connectivity index (χ0v) is 89.1. The number of methoxy groups -OCH3 is 5. The Morgan fingerprint density at radius 3 is 0.870 bits per heavy atom. The molecule has 45 heteroatoms. The number of likely N-dealkylation sites (N-methyl/N-ethyl adjacent to an activating group) is 2. The summed E-state index contributed by atoms with van der Waals surface area (Å²) in [5.41, 5.74) is 13.1. The number of aromatic nitrogens is 15. The number of benzene rings is 5. The second-order valence-electron chi connectivity index (χ2n) is 35.2. The number of nitrogens with one attached hydrogen (secondary N) is 5. The molecule has 0 bridgehead atoms. The Kier molecular flexibility index (Phi) is 53.7. The van der Waals surface area contributed by atoms with Gasteiger partial charge in [0.05, 0.1) is 62.0 Å². The lowest BCUT2D eigenvalue weighted by Crippen LogP contribution is -2.35. The van der Waals surface area contributed by atoms with Crippen LogP contribution in [0.5, 0.6) is 52.8 Å². The van der Waals surface area contributed by atoms with Gasteiger partial charge in [0.25, 0.3) is 0 Å². The number of hydrogen-bond donors (Lipinski definition) is 8. The minimum Gasteiger partial charge on any atom is -0.494 e. The highest BCUT2D eigenvalue weighted by Gasteiger charge is 2.27. The summed E-state index contributed by atoms with van der Waals surface area (Å²) in [6.07, 6.45) is 36.1. The van der Waals surface area contributed by atoms with E-state index in [-0.39, 0.29) is 102 Å². The van der Waals surface area contributed by atoms with Crippen LogP contribution in [0.4, 0.5) is 80.1 Å². The van der Waals surface area contributed by atoms with Crippen molar-refractivity contribution < 1.29 is 69.7 Å². The molecule has 0 amide bonds. The van der Waals surface area contributed by atoms with Crippen molar-refractivity contribution >= 4 is 128 Å². The molecule has 5 aromatic carbocycles. The average Bonchev–Trinajstić information content (AvgIpc) is 0.916. The molecule has 0 radical (unpaired) electrons. The number of halogens is 11. The number of ether oxygens (including phenoxy) is 9. The Morgan fingerprint density at radius 2 is 0.582 bits per heavy atom. The molecule has 10 N–H and O–H groups in total. The third-order valence-electron chi connectivity index (χ3n) is 25.0. The molecule has 2 saturated heterocycles. The molecule has 2 unspecified atom stereocenters. The Bertz CT molecular complexity index is 5340. The molecule has 7 aliphatic rings. The van der Waals surface area contributed by atoms with Crippen LogP contribution in [0.3, 0.4) is 0 Å². The molecule has 7 fully saturated rings. The minimum absolute atomic E-state index is 0.000000000000000444. The van der Waals surface area contributed by atoms with Crippen molar-refractivity contribution in [3.8, 4) is 52.8 Å². The van der Waals surface area contributed by atoms with E-state index >= 15 is 0 Å². The summed E-state index contributed by atoms with van der Waals surface area (Å²) in [5.74, 6) is 2.42. The van der Waals surface area contributed by atoms with Crippen molar-refractivity contribution in [3.63, 3.8) is 0 Å². The van der Waals surface area contributed by atoms with Crippen LogP contribution in [-0.2, 0) is 0 Å². The van der Waals surface area contributed by atoms with Crippen LogP contribution < -0.4 is 80.7 Å². The summed E-state index contributed by atoms with van der Waals surface area (Å²) in [6.45, 7) is 17.3. The van der Waals surface area contributed by atoms with Gasteiger partial charge in [-0.15, -0.1) is 0 Å². The van der Waals surface area contributed by atoms with E-state index in [0.29, 0.717) is 115 Å². The molecule has 7 heterocycles. The van der Waals surface area contributed by atoms with E-state index in [1.807, 2.05) is 13.8 Å². The second kappa shape index (κ2) is 66.0. The number of nitrogens with zero attached hydrogens (tertiary/aromatic N) is 17. The number of likely N-dealkylation sites (tertiary alicyclic amines) is 2. The van der Waals surface area contributed by atoms with Gasteiger partial charge in [-0.2, -0.15) is 74.8 Å². The normalized spacial score (nSPS) is 16.5. The molecular formula is C101H139Cl6F5N24O10. The van der Waals surface area contributed by atoms with Gasteiger partial charge in [0.1, 0.15) is 0 Å². The van der Waals surface area contributed by atoms with E-state index in [0.717, 1.165) is 58.3 Å². The van der Waals surface area contributed by atoms with E-state index in [2.05, 4.69) is 130 Å². The van der Waals surface area contributed by atoms with Crippen LogP contribution in [0, 0.1) is 58.7 Å². The predicted molar refractivity (Wildman–Crippen MR) is 563 cm³/mol. The third kappa shape index (κ3) is 42.9. The molecular weight excluding hydrogens is 2020 g/mol. The standard InChI is InChI=1S/C24H27F2N5O3.C24H35FN6O2.C17H20ClFN4O2.C10H13Cl2N3O.C7H8FNO.C7H16N2.C7H14O.C3Cl3N3.C2H6/c1-32-20-10-8-16(12-18(20)25)27-22-29-23(28-17-9-11-21(33-2)19(26)13-17)31-24(30-22)34-14-15-6-4-3-5-7-15;1-3-31-13-7-10-19(31)15-26-22-28-23(27-18-11-12-21(32-2)20(25)14-18)30-24(29-22)33-16-17-8-5-4-6-9-17;1-24-14-8-7-12(9-13(14)19)20-16-21-15(18)22-17(23-16)25-10-11-5-3-2-4-6-11;11-8-13-9(12)15-10(14-8)16-6-7-4-2-1-3-5-7;1-10-7-3-2-5(9)4-6(7)8;1-2-9-5-3-4-7(9)6-8;8-6-7-4-2-1-3-5-7;4-1-7-2(5)9-3(6)8-1;1-2/h8-13,15H,3-7,14H2,1-2H3,(H2,27,28,29,30,31);11-12,14,17,19H,3-10,13,15-16H2,1-2H3,(H2,26,27,28,29,30);7-9,11H,2-6,10H2,1H3,(H,20,21,22,23);7H,1-6H2;2-4H,9H2,1H3;7H,2-6,8H2,1H3;7-8H,1-6H2;;1-2H3. The first kappa shape index (κ1) is 119. The topological polar surface area (TPSA) is 415 Å². The predicted octanol–water partition coefficient (Wildman–Crippen LogP) is 24.0.